The van der Waals surface area contributed by atoms with E-state index in [2.05, 4.69) is 15.1 Å². The van der Waals surface area contributed by atoms with E-state index < -0.39 is 4.92 Å². The predicted molar refractivity (Wildman–Crippen MR) is 72.5 cm³/mol. The zero-order valence-electron chi connectivity index (χ0n) is 10.9. The minimum atomic E-state index is -0.434. The van der Waals surface area contributed by atoms with E-state index in [-0.39, 0.29) is 5.69 Å². The number of nitrogens with zero attached hydrogens (tertiary/aromatic N) is 4. The van der Waals surface area contributed by atoms with Crippen molar-refractivity contribution in [3.05, 3.63) is 34.4 Å². The highest BCUT2D eigenvalue weighted by molar-refractivity contribution is 5.56. The Balaban J connectivity index is 1.80. The van der Waals surface area contributed by atoms with Gasteiger partial charge in [-0.1, -0.05) is 5.10 Å². The highest BCUT2D eigenvalue weighted by atomic mass is 16.6. The maximum Gasteiger partial charge on any atom is 0.318 e. The number of rotatable bonds is 3. The van der Waals surface area contributed by atoms with Gasteiger partial charge >= 0.3 is 6.01 Å². The van der Waals surface area contributed by atoms with E-state index in [0.29, 0.717) is 17.5 Å². The van der Waals surface area contributed by atoms with Crippen molar-refractivity contribution in [3.8, 4) is 11.5 Å². The molecule has 0 radical (unpaired) electrons. The molecule has 7 nitrogen and oxygen atoms in total. The topological polar surface area (TPSA) is 85.3 Å². The fourth-order valence-electron chi connectivity index (χ4n) is 2.27. The largest absolute Gasteiger partial charge is 0.403 e. The van der Waals surface area contributed by atoms with Crippen LogP contribution in [0.15, 0.2) is 28.7 Å². The van der Waals surface area contributed by atoms with Crippen molar-refractivity contribution in [1.29, 1.82) is 0 Å². The first-order chi connectivity index (χ1) is 9.74. The van der Waals surface area contributed by atoms with Crippen LogP contribution < -0.4 is 4.90 Å². The van der Waals surface area contributed by atoms with Crippen LogP contribution in [0.25, 0.3) is 11.5 Å². The van der Waals surface area contributed by atoms with Crippen molar-refractivity contribution in [2.75, 3.05) is 18.0 Å². The summed E-state index contributed by atoms with van der Waals surface area (Å²) in [4.78, 5) is 12.2. The summed E-state index contributed by atoms with van der Waals surface area (Å²) < 4.78 is 5.64. The van der Waals surface area contributed by atoms with E-state index in [1.54, 1.807) is 12.1 Å². The molecule has 0 N–H and O–H groups in total. The normalized spacial score (nSPS) is 15.3. The molecule has 7 heteroatoms. The molecular formula is C13H14N4O3. The first-order valence-electron chi connectivity index (χ1n) is 6.57. The van der Waals surface area contributed by atoms with Gasteiger partial charge in [0.2, 0.25) is 5.89 Å². The molecule has 1 aliphatic rings. The molecule has 2 heterocycles. The van der Waals surface area contributed by atoms with Gasteiger partial charge in [0.15, 0.2) is 0 Å². The number of anilines is 1. The van der Waals surface area contributed by atoms with Crippen LogP contribution in [0.1, 0.15) is 19.3 Å². The molecule has 0 saturated carbocycles. The molecule has 1 fully saturated rings. The van der Waals surface area contributed by atoms with Gasteiger partial charge < -0.3 is 9.32 Å². The fourth-order valence-corrected chi connectivity index (χ4v) is 2.27. The summed E-state index contributed by atoms with van der Waals surface area (Å²) in [6, 6.07) is 6.62. The number of hydrogen-bond donors (Lipinski definition) is 0. The summed E-state index contributed by atoms with van der Waals surface area (Å²) in [6.45, 7) is 1.86. The van der Waals surface area contributed by atoms with Crippen molar-refractivity contribution in [2.45, 2.75) is 19.3 Å². The molecule has 0 atom stereocenters. The van der Waals surface area contributed by atoms with Gasteiger partial charge in [-0.3, -0.25) is 10.1 Å². The van der Waals surface area contributed by atoms with Gasteiger partial charge in [0.1, 0.15) is 0 Å². The molecule has 1 aromatic heterocycles. The Morgan fingerprint density at radius 1 is 1.10 bits per heavy atom. The lowest BCUT2D eigenvalue weighted by Gasteiger charge is -2.24. The Morgan fingerprint density at radius 2 is 1.80 bits per heavy atom. The van der Waals surface area contributed by atoms with Crippen LogP contribution in [0.4, 0.5) is 11.7 Å². The molecule has 0 amide bonds. The molecule has 2 aromatic rings. The number of piperidine rings is 1. The fraction of sp³-hybridized carbons (Fsp3) is 0.385. The van der Waals surface area contributed by atoms with E-state index in [1.807, 2.05) is 0 Å². The molecule has 0 bridgehead atoms. The van der Waals surface area contributed by atoms with Crippen LogP contribution in [0, 0.1) is 10.1 Å². The summed E-state index contributed by atoms with van der Waals surface area (Å²) in [6.07, 6.45) is 3.50. The summed E-state index contributed by atoms with van der Waals surface area (Å²) in [7, 11) is 0. The van der Waals surface area contributed by atoms with Crippen molar-refractivity contribution in [1.82, 2.24) is 10.2 Å². The van der Waals surface area contributed by atoms with E-state index in [9.17, 15) is 10.1 Å². The average Bonchev–Trinajstić information content (AvgIpc) is 2.98. The summed E-state index contributed by atoms with van der Waals surface area (Å²) in [5, 5.41) is 18.7. The molecule has 0 aliphatic carbocycles. The molecule has 1 saturated heterocycles. The second kappa shape index (κ2) is 5.28. The van der Waals surface area contributed by atoms with E-state index in [1.165, 1.54) is 18.6 Å². The highest BCUT2D eigenvalue weighted by Gasteiger charge is 2.18. The van der Waals surface area contributed by atoms with Gasteiger partial charge in [0.25, 0.3) is 5.69 Å². The predicted octanol–water partition coefficient (Wildman–Crippen LogP) is 2.64. The summed E-state index contributed by atoms with van der Waals surface area (Å²) in [5.41, 5.74) is 0.732. The van der Waals surface area contributed by atoms with Crippen LogP contribution in [-0.4, -0.2) is 28.2 Å². The maximum absolute atomic E-state index is 10.6. The van der Waals surface area contributed by atoms with E-state index >= 15 is 0 Å². The van der Waals surface area contributed by atoms with Crippen LogP contribution in [0.5, 0.6) is 0 Å². The Labute approximate surface area is 115 Å². The monoisotopic (exact) mass is 274 g/mol. The minimum Gasteiger partial charge on any atom is -0.403 e. The second-order valence-electron chi connectivity index (χ2n) is 4.74. The lowest BCUT2D eigenvalue weighted by molar-refractivity contribution is -0.384. The van der Waals surface area contributed by atoms with Crippen LogP contribution in [0.2, 0.25) is 0 Å². The Bertz CT molecular complexity index is 602. The Hall–Kier alpha value is -2.44. The molecule has 0 spiro atoms. The number of benzene rings is 1. The molecule has 0 unspecified atom stereocenters. The van der Waals surface area contributed by atoms with Crippen molar-refractivity contribution < 1.29 is 9.34 Å². The van der Waals surface area contributed by atoms with Gasteiger partial charge in [-0.2, -0.15) is 0 Å². The van der Waals surface area contributed by atoms with Gasteiger partial charge in [0, 0.05) is 30.8 Å². The first kappa shape index (κ1) is 12.6. The molecule has 104 valence electrons. The molecule has 1 aromatic carbocycles. The highest BCUT2D eigenvalue weighted by Crippen LogP contribution is 2.25. The van der Waals surface area contributed by atoms with Crippen molar-refractivity contribution >= 4 is 11.7 Å². The first-order valence-corrected chi connectivity index (χ1v) is 6.57. The molecule has 3 rings (SSSR count). The summed E-state index contributed by atoms with van der Waals surface area (Å²) >= 11 is 0. The number of non-ortho nitro benzene ring substituents is 1. The zero-order valence-corrected chi connectivity index (χ0v) is 10.9. The molecular weight excluding hydrogens is 260 g/mol. The lowest BCUT2D eigenvalue weighted by Crippen LogP contribution is -2.29. The van der Waals surface area contributed by atoms with Crippen molar-refractivity contribution in [2.24, 2.45) is 0 Å². The number of nitro groups is 1. The number of nitro benzene ring substituents is 1. The van der Waals surface area contributed by atoms with E-state index in [4.69, 9.17) is 4.42 Å². The van der Waals surface area contributed by atoms with Crippen molar-refractivity contribution in [3.63, 3.8) is 0 Å². The maximum atomic E-state index is 10.6. The quantitative estimate of drug-likeness (QED) is 0.631. The third-order valence-corrected chi connectivity index (χ3v) is 3.37. The van der Waals surface area contributed by atoms with Crippen LogP contribution in [-0.2, 0) is 0 Å². The molecule has 1 aliphatic heterocycles. The van der Waals surface area contributed by atoms with Gasteiger partial charge in [-0.25, -0.2) is 0 Å². The number of hydrogen-bond acceptors (Lipinski definition) is 6. The lowest BCUT2D eigenvalue weighted by atomic mass is 10.1. The third kappa shape index (κ3) is 2.47. The Kier molecular flexibility index (Phi) is 3.32. The summed E-state index contributed by atoms with van der Waals surface area (Å²) in [5.74, 6) is 0.389. The van der Waals surface area contributed by atoms with E-state index in [0.717, 1.165) is 25.9 Å². The second-order valence-corrected chi connectivity index (χ2v) is 4.74. The number of aromatic nitrogens is 2. The standard InChI is InChI=1S/C13H14N4O3/c18-17(19)11-6-4-10(5-7-11)12-14-15-13(20-12)16-8-2-1-3-9-16/h4-7H,1-3,8-9H2. The SMILES string of the molecule is O=[N+]([O-])c1ccc(-c2nnc(N3CCCCC3)o2)cc1. The minimum absolute atomic E-state index is 0.0459. The van der Waals surface area contributed by atoms with Gasteiger partial charge in [-0.05, 0) is 31.4 Å². The molecule has 20 heavy (non-hydrogen) atoms. The smallest absolute Gasteiger partial charge is 0.318 e. The van der Waals surface area contributed by atoms with Gasteiger partial charge in [-0.15, -0.1) is 5.10 Å². The van der Waals surface area contributed by atoms with Crippen LogP contribution in [0.3, 0.4) is 0 Å². The zero-order chi connectivity index (χ0) is 13.9. The van der Waals surface area contributed by atoms with Crippen LogP contribution >= 0.6 is 0 Å². The van der Waals surface area contributed by atoms with Gasteiger partial charge in [0.05, 0.1) is 4.92 Å². The average molecular weight is 274 g/mol. The third-order valence-electron chi connectivity index (χ3n) is 3.37. The Morgan fingerprint density at radius 3 is 2.45 bits per heavy atom.